The number of methoxy groups -OCH3 is 1. The Morgan fingerprint density at radius 2 is 1.82 bits per heavy atom. The molecule has 6 rings (SSSR count). The van der Waals surface area contributed by atoms with Gasteiger partial charge in [0.2, 0.25) is 11.8 Å². The van der Waals surface area contributed by atoms with Gasteiger partial charge >= 0.3 is 11.9 Å². The smallest absolute Gasteiger partial charge is 0.337 e. The van der Waals surface area contributed by atoms with E-state index in [9.17, 15) is 24.3 Å². The number of nitrogens with zero attached hydrogens (tertiary/aromatic N) is 1. The van der Waals surface area contributed by atoms with Crippen LogP contribution < -0.4 is 5.32 Å². The quantitative estimate of drug-likeness (QED) is 0.207. The van der Waals surface area contributed by atoms with Crippen molar-refractivity contribution in [2.75, 3.05) is 7.11 Å². The topological polar surface area (TPSA) is 129 Å². The number of carboxylic acids is 1. The van der Waals surface area contributed by atoms with Crippen molar-refractivity contribution in [2.45, 2.75) is 24.5 Å². The Kier molecular flexibility index (Phi) is 6.60. The van der Waals surface area contributed by atoms with Crippen LogP contribution in [-0.2, 0) is 32.1 Å². The third kappa shape index (κ3) is 4.16. The SMILES string of the molecule is COC(=O)c1ccc(CN2C(=O)C3C(c4ccc(Br)s4)NC(Cc4c[nH]c5ccccc45)(C(=O)O)C3C2=O)cc1. The fourth-order valence-corrected chi connectivity index (χ4v) is 7.54. The van der Waals surface area contributed by atoms with E-state index in [-0.39, 0.29) is 13.0 Å². The molecule has 11 heteroatoms. The first kappa shape index (κ1) is 26.4. The van der Waals surface area contributed by atoms with Gasteiger partial charge in [-0.1, -0.05) is 30.3 Å². The average molecular weight is 622 g/mol. The number of carbonyl (C=O) groups is 4. The number of para-hydroxylation sites is 1. The van der Waals surface area contributed by atoms with Gasteiger partial charge in [-0.2, -0.15) is 0 Å². The number of thiophene rings is 1. The van der Waals surface area contributed by atoms with Crippen molar-refractivity contribution in [3.8, 4) is 0 Å². The molecule has 0 radical (unpaired) electrons. The number of likely N-dealkylation sites (tertiary alicyclic amines) is 1. The molecule has 2 fully saturated rings. The van der Waals surface area contributed by atoms with Gasteiger partial charge in [-0.15, -0.1) is 11.3 Å². The number of ether oxygens (including phenoxy) is 1. The molecule has 0 aliphatic carbocycles. The molecule has 2 saturated heterocycles. The van der Waals surface area contributed by atoms with Gasteiger partial charge in [-0.05, 0) is 57.4 Å². The lowest BCUT2D eigenvalue weighted by Crippen LogP contribution is -2.57. The summed E-state index contributed by atoms with van der Waals surface area (Å²) in [5.41, 5.74) is 0.868. The third-order valence-corrected chi connectivity index (χ3v) is 9.59. The number of hydrogen-bond donors (Lipinski definition) is 3. The summed E-state index contributed by atoms with van der Waals surface area (Å²) in [6.07, 6.45) is 1.78. The number of rotatable bonds is 7. The zero-order valence-corrected chi connectivity index (χ0v) is 23.6. The van der Waals surface area contributed by atoms with E-state index in [2.05, 4.69) is 26.2 Å². The van der Waals surface area contributed by atoms with Crippen molar-refractivity contribution in [1.82, 2.24) is 15.2 Å². The Balaban J connectivity index is 1.40. The van der Waals surface area contributed by atoms with Crippen LogP contribution in [0.3, 0.4) is 0 Å². The molecule has 2 aromatic carbocycles. The van der Waals surface area contributed by atoms with E-state index in [1.807, 2.05) is 36.4 Å². The van der Waals surface area contributed by atoms with Gasteiger partial charge in [0.15, 0.2) is 0 Å². The summed E-state index contributed by atoms with van der Waals surface area (Å²) in [4.78, 5) is 58.0. The molecule has 4 unspecified atom stereocenters. The Morgan fingerprint density at radius 1 is 1.07 bits per heavy atom. The second-order valence-corrected chi connectivity index (χ2v) is 12.5. The maximum absolute atomic E-state index is 14.0. The summed E-state index contributed by atoms with van der Waals surface area (Å²) in [5.74, 6) is -4.64. The molecule has 4 heterocycles. The predicted octanol–water partition coefficient (Wildman–Crippen LogP) is 4.29. The molecule has 3 N–H and O–H groups in total. The van der Waals surface area contributed by atoms with Crippen LogP contribution in [0.2, 0.25) is 0 Å². The first-order valence-corrected chi connectivity index (χ1v) is 14.2. The molecular weight excluding hydrogens is 598 g/mol. The number of aliphatic carboxylic acids is 1. The zero-order valence-electron chi connectivity index (χ0n) is 21.2. The molecule has 0 saturated carbocycles. The maximum Gasteiger partial charge on any atom is 0.337 e. The number of aromatic amines is 1. The molecule has 2 aliphatic rings. The van der Waals surface area contributed by atoms with Crippen molar-refractivity contribution in [3.05, 3.63) is 92.2 Å². The van der Waals surface area contributed by atoms with E-state index in [1.54, 1.807) is 30.5 Å². The number of benzene rings is 2. The molecule has 4 atom stereocenters. The molecule has 2 amide bonds. The van der Waals surface area contributed by atoms with Crippen LogP contribution in [0.15, 0.2) is 70.6 Å². The van der Waals surface area contributed by atoms with Crippen molar-refractivity contribution in [3.63, 3.8) is 0 Å². The summed E-state index contributed by atoms with van der Waals surface area (Å²) in [5, 5.41) is 14.9. The summed E-state index contributed by atoms with van der Waals surface area (Å²) < 4.78 is 5.58. The monoisotopic (exact) mass is 621 g/mol. The Hall–Kier alpha value is -3.80. The largest absolute Gasteiger partial charge is 0.480 e. The number of carbonyl (C=O) groups excluding carboxylic acids is 3. The van der Waals surface area contributed by atoms with Crippen LogP contribution in [0.1, 0.15) is 32.4 Å². The van der Waals surface area contributed by atoms with Gasteiger partial charge in [-0.3, -0.25) is 24.6 Å². The van der Waals surface area contributed by atoms with E-state index in [4.69, 9.17) is 4.74 Å². The molecule has 0 spiro atoms. The van der Waals surface area contributed by atoms with Crippen molar-refractivity contribution in [2.24, 2.45) is 11.8 Å². The third-order valence-electron chi connectivity index (χ3n) is 7.89. The summed E-state index contributed by atoms with van der Waals surface area (Å²) in [6, 6.07) is 17.1. The standard InChI is InChI=1S/C29H24BrN3O6S/c1-39-27(36)16-8-6-15(7-9-16)14-33-25(34)22-23(26(33)35)29(28(37)38,32-24(22)20-10-11-21(30)40-20)12-17-13-31-19-5-3-2-4-18(17)19/h2-11,13,22-24,31-32H,12,14H2,1H3,(H,37,38). The molecule has 2 aliphatic heterocycles. The van der Waals surface area contributed by atoms with E-state index in [1.165, 1.54) is 18.4 Å². The number of hydrogen-bond acceptors (Lipinski definition) is 7. The van der Waals surface area contributed by atoms with Crippen LogP contribution in [0, 0.1) is 11.8 Å². The van der Waals surface area contributed by atoms with E-state index < -0.39 is 47.2 Å². The second-order valence-electron chi connectivity index (χ2n) is 10.0. The van der Waals surface area contributed by atoms with Crippen LogP contribution in [-0.4, -0.2) is 51.4 Å². The van der Waals surface area contributed by atoms with Crippen LogP contribution in [0.25, 0.3) is 10.9 Å². The number of imide groups is 1. The lowest BCUT2D eigenvalue weighted by atomic mass is 9.76. The number of esters is 1. The second kappa shape index (κ2) is 9.99. The van der Waals surface area contributed by atoms with Crippen molar-refractivity contribution < 1.29 is 29.0 Å². The highest BCUT2D eigenvalue weighted by Gasteiger charge is 2.68. The normalized spacial score (nSPS) is 24.1. The van der Waals surface area contributed by atoms with Crippen molar-refractivity contribution >= 4 is 61.9 Å². The number of amides is 2. The minimum absolute atomic E-state index is 0.0112. The van der Waals surface area contributed by atoms with Gasteiger partial charge in [0.1, 0.15) is 5.54 Å². The Morgan fingerprint density at radius 3 is 2.50 bits per heavy atom. The highest BCUT2D eigenvalue weighted by atomic mass is 79.9. The fraction of sp³-hybridized carbons (Fsp3) is 0.241. The Bertz CT molecular complexity index is 1660. The highest BCUT2D eigenvalue weighted by molar-refractivity contribution is 9.11. The highest BCUT2D eigenvalue weighted by Crippen LogP contribution is 2.52. The number of fused-ring (bicyclic) bond motifs is 2. The molecule has 9 nitrogen and oxygen atoms in total. The van der Waals surface area contributed by atoms with Crippen LogP contribution in [0.5, 0.6) is 0 Å². The van der Waals surface area contributed by atoms with Crippen LogP contribution in [0.4, 0.5) is 0 Å². The van der Waals surface area contributed by atoms with Crippen LogP contribution >= 0.6 is 27.3 Å². The first-order chi connectivity index (χ1) is 19.2. The van der Waals surface area contributed by atoms with E-state index >= 15 is 0 Å². The fourth-order valence-electron chi connectivity index (χ4n) is 6.02. The molecule has 0 bridgehead atoms. The lowest BCUT2D eigenvalue weighted by Gasteiger charge is -2.31. The van der Waals surface area contributed by atoms with Gasteiger partial charge in [0.25, 0.3) is 0 Å². The van der Waals surface area contributed by atoms with Gasteiger partial charge < -0.3 is 14.8 Å². The molecule has 40 heavy (non-hydrogen) atoms. The Labute approximate surface area is 241 Å². The summed E-state index contributed by atoms with van der Waals surface area (Å²) in [6.45, 7) is -0.0320. The lowest BCUT2D eigenvalue weighted by molar-refractivity contribution is -0.151. The maximum atomic E-state index is 14.0. The molecule has 204 valence electrons. The van der Waals surface area contributed by atoms with Gasteiger partial charge in [0, 0.05) is 28.4 Å². The number of carboxylic acid groups (broad SMARTS) is 1. The number of aromatic nitrogens is 1. The van der Waals surface area contributed by atoms with E-state index in [0.717, 1.165) is 30.0 Å². The number of nitrogens with one attached hydrogen (secondary N) is 2. The minimum Gasteiger partial charge on any atom is -0.480 e. The van der Waals surface area contributed by atoms with Crippen molar-refractivity contribution in [1.29, 1.82) is 0 Å². The average Bonchev–Trinajstić information content (AvgIpc) is 3.71. The molecule has 4 aromatic rings. The predicted molar refractivity (Wildman–Crippen MR) is 151 cm³/mol. The minimum atomic E-state index is -1.72. The number of H-pyrrole nitrogens is 1. The van der Waals surface area contributed by atoms with Gasteiger partial charge in [0.05, 0.1) is 40.9 Å². The summed E-state index contributed by atoms with van der Waals surface area (Å²) >= 11 is 4.87. The number of halogens is 1. The van der Waals surface area contributed by atoms with Gasteiger partial charge in [-0.25, -0.2) is 4.79 Å². The molecule has 2 aromatic heterocycles. The zero-order chi connectivity index (χ0) is 28.2. The molecular formula is C29H24BrN3O6S. The van der Waals surface area contributed by atoms with E-state index in [0.29, 0.717) is 11.1 Å². The first-order valence-electron chi connectivity index (χ1n) is 12.6. The summed E-state index contributed by atoms with van der Waals surface area (Å²) in [7, 11) is 1.29.